The molecule has 4 nitrogen and oxygen atoms in total. The highest BCUT2D eigenvalue weighted by Crippen LogP contribution is 2.25. The van der Waals surface area contributed by atoms with Crippen molar-refractivity contribution in [2.24, 2.45) is 5.92 Å². The number of hydrogen-bond acceptors (Lipinski definition) is 2. The van der Waals surface area contributed by atoms with Crippen molar-refractivity contribution in [2.45, 2.75) is 38.5 Å². The number of hydrogen-bond donors (Lipinski definition) is 3. The topological polar surface area (TPSA) is 61.4 Å². The molecule has 3 N–H and O–H groups in total. The molecule has 0 unspecified atom stereocenters. The Morgan fingerprint density at radius 3 is 2.68 bits per heavy atom. The SMILES string of the molecule is O=C(NCCC1CCCCC1)Nc1ccccc1O. The van der Waals surface area contributed by atoms with Gasteiger partial charge >= 0.3 is 6.03 Å². The number of anilines is 1. The lowest BCUT2D eigenvalue weighted by Crippen LogP contribution is -2.30. The molecule has 1 aromatic carbocycles. The first-order valence-electron chi connectivity index (χ1n) is 7.08. The smallest absolute Gasteiger partial charge is 0.319 e. The van der Waals surface area contributed by atoms with Crippen LogP contribution in [0.1, 0.15) is 38.5 Å². The molecule has 1 aliphatic rings. The maximum atomic E-state index is 11.7. The van der Waals surface area contributed by atoms with E-state index in [0.717, 1.165) is 12.3 Å². The van der Waals surface area contributed by atoms with Crippen molar-refractivity contribution >= 4 is 11.7 Å². The first-order valence-corrected chi connectivity index (χ1v) is 7.08. The highest BCUT2D eigenvalue weighted by molar-refractivity contribution is 5.90. The van der Waals surface area contributed by atoms with Crippen LogP contribution in [0, 0.1) is 5.92 Å². The highest BCUT2D eigenvalue weighted by atomic mass is 16.3. The van der Waals surface area contributed by atoms with Gasteiger partial charge in [-0.05, 0) is 24.5 Å². The Kier molecular flexibility index (Phi) is 5.07. The first-order chi connectivity index (χ1) is 9.25. The standard InChI is InChI=1S/C15H22N2O2/c18-14-9-5-4-8-13(14)17-15(19)16-11-10-12-6-2-1-3-7-12/h4-5,8-9,12,18H,1-3,6-7,10-11H2,(H2,16,17,19). The molecular formula is C15H22N2O2. The predicted molar refractivity (Wildman–Crippen MR) is 76.3 cm³/mol. The van der Waals surface area contributed by atoms with E-state index < -0.39 is 0 Å². The average molecular weight is 262 g/mol. The van der Waals surface area contributed by atoms with Gasteiger partial charge in [-0.15, -0.1) is 0 Å². The maximum Gasteiger partial charge on any atom is 0.319 e. The summed E-state index contributed by atoms with van der Waals surface area (Å²) in [7, 11) is 0. The Hall–Kier alpha value is -1.71. The Bertz CT molecular complexity index is 414. The summed E-state index contributed by atoms with van der Waals surface area (Å²) in [5.41, 5.74) is 0.442. The predicted octanol–water partition coefficient (Wildman–Crippen LogP) is 3.48. The zero-order valence-electron chi connectivity index (χ0n) is 11.2. The van der Waals surface area contributed by atoms with Gasteiger partial charge in [0.15, 0.2) is 0 Å². The minimum atomic E-state index is -0.252. The van der Waals surface area contributed by atoms with Gasteiger partial charge in [0.2, 0.25) is 0 Å². The van der Waals surface area contributed by atoms with Gasteiger partial charge in [-0.2, -0.15) is 0 Å². The lowest BCUT2D eigenvalue weighted by molar-refractivity contribution is 0.250. The molecule has 104 valence electrons. The zero-order chi connectivity index (χ0) is 13.5. The van der Waals surface area contributed by atoms with E-state index in [2.05, 4.69) is 10.6 Å². The number of carbonyl (C=O) groups is 1. The fourth-order valence-electron chi connectivity index (χ4n) is 2.61. The molecule has 1 saturated carbocycles. The summed E-state index contributed by atoms with van der Waals surface area (Å²) in [5, 5.41) is 15.0. The van der Waals surface area contributed by atoms with E-state index in [9.17, 15) is 9.90 Å². The normalized spacial score (nSPS) is 16.0. The Balaban J connectivity index is 1.68. The molecule has 0 bridgehead atoms. The van der Waals surface area contributed by atoms with Crippen LogP contribution in [0.2, 0.25) is 0 Å². The molecule has 0 heterocycles. The summed E-state index contributed by atoms with van der Waals surface area (Å²) in [4.78, 5) is 11.7. The van der Waals surface area contributed by atoms with Crippen molar-refractivity contribution in [3.8, 4) is 5.75 Å². The Labute approximate surface area is 114 Å². The number of aromatic hydroxyl groups is 1. The van der Waals surface area contributed by atoms with Gasteiger partial charge in [0.05, 0.1) is 5.69 Å². The largest absolute Gasteiger partial charge is 0.506 e. The Morgan fingerprint density at radius 1 is 1.21 bits per heavy atom. The van der Waals surface area contributed by atoms with Gasteiger partial charge in [-0.1, -0.05) is 44.2 Å². The van der Waals surface area contributed by atoms with Gasteiger partial charge in [0, 0.05) is 6.54 Å². The molecule has 0 radical (unpaired) electrons. The van der Waals surface area contributed by atoms with Crippen LogP contribution in [-0.4, -0.2) is 17.7 Å². The fourth-order valence-corrected chi connectivity index (χ4v) is 2.61. The summed E-state index contributed by atoms with van der Waals surface area (Å²) in [5.74, 6) is 0.851. The van der Waals surface area contributed by atoms with Crippen molar-refractivity contribution in [2.75, 3.05) is 11.9 Å². The van der Waals surface area contributed by atoms with Crippen molar-refractivity contribution < 1.29 is 9.90 Å². The summed E-state index contributed by atoms with van der Waals surface area (Å²) < 4.78 is 0. The van der Waals surface area contributed by atoms with E-state index in [1.807, 2.05) is 0 Å². The lowest BCUT2D eigenvalue weighted by atomic mass is 9.87. The quantitative estimate of drug-likeness (QED) is 0.727. The minimum absolute atomic E-state index is 0.0879. The summed E-state index contributed by atoms with van der Waals surface area (Å²) in [6.07, 6.45) is 7.65. The monoisotopic (exact) mass is 262 g/mol. The number of urea groups is 1. The van der Waals surface area contributed by atoms with Crippen molar-refractivity contribution in [1.82, 2.24) is 5.32 Å². The molecular weight excluding hydrogens is 240 g/mol. The molecule has 19 heavy (non-hydrogen) atoms. The van der Waals surface area contributed by atoms with E-state index in [1.165, 1.54) is 32.1 Å². The van der Waals surface area contributed by atoms with Crippen LogP contribution in [0.25, 0.3) is 0 Å². The first kappa shape index (κ1) is 13.7. The molecule has 0 saturated heterocycles. The van der Waals surface area contributed by atoms with Gasteiger partial charge in [0.25, 0.3) is 0 Å². The molecule has 4 heteroatoms. The third-order valence-electron chi connectivity index (χ3n) is 3.72. The van der Waals surface area contributed by atoms with Crippen LogP contribution in [-0.2, 0) is 0 Å². The van der Waals surface area contributed by atoms with Crippen LogP contribution < -0.4 is 10.6 Å². The second-order valence-electron chi connectivity index (χ2n) is 5.19. The molecule has 1 fully saturated rings. The molecule has 0 spiro atoms. The summed E-state index contributed by atoms with van der Waals surface area (Å²) in [6.45, 7) is 0.699. The maximum absolute atomic E-state index is 11.7. The molecule has 2 rings (SSSR count). The van der Waals surface area contributed by atoms with Crippen LogP contribution in [0.15, 0.2) is 24.3 Å². The van der Waals surface area contributed by atoms with Crippen molar-refractivity contribution in [3.05, 3.63) is 24.3 Å². The van der Waals surface area contributed by atoms with Gasteiger partial charge in [-0.3, -0.25) is 0 Å². The van der Waals surface area contributed by atoms with E-state index in [0.29, 0.717) is 12.2 Å². The Morgan fingerprint density at radius 2 is 1.95 bits per heavy atom. The molecule has 2 amide bonds. The van der Waals surface area contributed by atoms with Crippen molar-refractivity contribution in [1.29, 1.82) is 0 Å². The van der Waals surface area contributed by atoms with E-state index >= 15 is 0 Å². The number of carbonyl (C=O) groups excluding carboxylic acids is 1. The molecule has 0 atom stereocenters. The highest BCUT2D eigenvalue weighted by Gasteiger charge is 2.13. The summed E-state index contributed by atoms with van der Waals surface area (Å²) >= 11 is 0. The molecule has 0 aromatic heterocycles. The van der Waals surface area contributed by atoms with Crippen molar-refractivity contribution in [3.63, 3.8) is 0 Å². The van der Waals surface area contributed by atoms with Crippen LogP contribution in [0.5, 0.6) is 5.75 Å². The molecule has 1 aromatic rings. The third kappa shape index (κ3) is 4.47. The van der Waals surface area contributed by atoms with E-state index in [-0.39, 0.29) is 11.8 Å². The molecule has 0 aliphatic heterocycles. The van der Waals surface area contributed by atoms with Gasteiger partial charge in [-0.25, -0.2) is 4.79 Å². The zero-order valence-corrected chi connectivity index (χ0v) is 11.2. The average Bonchev–Trinajstić information content (AvgIpc) is 2.43. The van der Waals surface area contributed by atoms with Crippen LogP contribution >= 0.6 is 0 Å². The number of phenolic OH excluding ortho intramolecular Hbond substituents is 1. The van der Waals surface area contributed by atoms with Crippen LogP contribution in [0.3, 0.4) is 0 Å². The number of para-hydroxylation sites is 2. The third-order valence-corrected chi connectivity index (χ3v) is 3.72. The summed E-state index contributed by atoms with van der Waals surface area (Å²) in [6, 6.07) is 6.48. The van der Waals surface area contributed by atoms with E-state index in [1.54, 1.807) is 24.3 Å². The van der Waals surface area contributed by atoms with Gasteiger partial charge in [0.1, 0.15) is 5.75 Å². The number of nitrogens with one attached hydrogen (secondary N) is 2. The van der Waals surface area contributed by atoms with Gasteiger partial charge < -0.3 is 15.7 Å². The van der Waals surface area contributed by atoms with E-state index in [4.69, 9.17) is 0 Å². The minimum Gasteiger partial charge on any atom is -0.506 e. The second-order valence-corrected chi connectivity index (χ2v) is 5.19. The number of rotatable bonds is 4. The second kappa shape index (κ2) is 7.02. The molecule has 1 aliphatic carbocycles. The lowest BCUT2D eigenvalue weighted by Gasteiger charge is -2.21. The number of benzene rings is 1. The van der Waals surface area contributed by atoms with Crippen LogP contribution in [0.4, 0.5) is 10.5 Å². The fraction of sp³-hybridized carbons (Fsp3) is 0.533. The number of phenols is 1. The number of amides is 2.